The zero-order valence-electron chi connectivity index (χ0n) is 22.8. The first-order valence-electron chi connectivity index (χ1n) is 13.9. The molecule has 5 aromatic rings. The number of anilines is 1. The number of carbonyl (C=O) groups excluding carboxylic acids is 3. The minimum absolute atomic E-state index is 0.0780. The Labute approximate surface area is 252 Å². The number of nitrogens with one attached hydrogen (secondary N) is 2. The number of para-hydroxylation sites is 1. The van der Waals surface area contributed by atoms with Gasteiger partial charge < -0.3 is 10.6 Å². The topological polar surface area (TPSA) is 80.2 Å². The molecule has 0 fully saturated rings. The zero-order chi connectivity index (χ0) is 28.9. The number of fused-ring (bicyclic) bond motifs is 3. The van der Waals surface area contributed by atoms with Crippen LogP contribution in [0.4, 0.5) is 5.69 Å². The lowest BCUT2D eigenvalue weighted by Crippen LogP contribution is -2.30. The number of amides is 2. The van der Waals surface area contributed by atoms with Crippen molar-refractivity contribution in [2.24, 2.45) is 0 Å². The largest absolute Gasteiger partial charge is 0.321 e. The molecule has 0 atom stereocenters. The molecule has 2 heterocycles. The quantitative estimate of drug-likeness (QED) is 0.145. The third-order valence-corrected chi connectivity index (χ3v) is 9.08. The van der Waals surface area contributed by atoms with Crippen LogP contribution >= 0.6 is 23.1 Å². The van der Waals surface area contributed by atoms with Crippen molar-refractivity contribution in [3.05, 3.63) is 124 Å². The van der Waals surface area contributed by atoms with Crippen LogP contribution < -0.4 is 10.6 Å². The second kappa shape index (κ2) is 12.6. The van der Waals surface area contributed by atoms with Gasteiger partial charge in [-0.05, 0) is 91.2 Å². The number of carbonyl (C=O) groups is 3. The van der Waals surface area contributed by atoms with Crippen molar-refractivity contribution < 1.29 is 14.4 Å². The molecule has 3 aromatic carbocycles. The lowest BCUT2D eigenvalue weighted by molar-refractivity contribution is -0.113. The van der Waals surface area contributed by atoms with Gasteiger partial charge in [-0.25, -0.2) is 0 Å². The molecule has 0 aliphatic heterocycles. The molecular weight excluding hydrogens is 563 g/mol. The Hall–Kier alpha value is -4.40. The molecule has 8 heteroatoms. The number of rotatable bonds is 8. The van der Waals surface area contributed by atoms with E-state index in [0.29, 0.717) is 17.0 Å². The van der Waals surface area contributed by atoms with Crippen LogP contribution in [0.2, 0.25) is 0 Å². The van der Waals surface area contributed by atoms with Crippen molar-refractivity contribution in [1.29, 1.82) is 0 Å². The summed E-state index contributed by atoms with van der Waals surface area (Å²) >= 11 is 2.95. The van der Waals surface area contributed by atoms with Gasteiger partial charge in [0.1, 0.15) is 5.70 Å². The van der Waals surface area contributed by atoms with Gasteiger partial charge in [0, 0.05) is 32.1 Å². The molecule has 0 saturated heterocycles. The maximum atomic E-state index is 13.4. The first kappa shape index (κ1) is 27.8. The van der Waals surface area contributed by atoms with Crippen LogP contribution in [-0.2, 0) is 17.6 Å². The fourth-order valence-electron chi connectivity index (χ4n) is 5.28. The summed E-state index contributed by atoms with van der Waals surface area (Å²) in [4.78, 5) is 41.2. The van der Waals surface area contributed by atoms with E-state index in [1.807, 2.05) is 58.5 Å². The van der Waals surface area contributed by atoms with E-state index in [2.05, 4.69) is 16.7 Å². The average molecular weight is 592 g/mol. The summed E-state index contributed by atoms with van der Waals surface area (Å²) in [5.41, 5.74) is 4.69. The number of hydrogen-bond donors (Lipinski definition) is 2. The van der Waals surface area contributed by atoms with E-state index in [-0.39, 0.29) is 17.5 Å². The van der Waals surface area contributed by atoms with E-state index in [0.717, 1.165) is 46.7 Å². The van der Waals surface area contributed by atoms with Gasteiger partial charge in [0.25, 0.3) is 11.8 Å². The minimum Gasteiger partial charge on any atom is -0.321 e. The second-order valence-corrected chi connectivity index (χ2v) is 12.1. The van der Waals surface area contributed by atoms with Gasteiger partial charge in [-0.15, -0.1) is 23.1 Å². The summed E-state index contributed by atoms with van der Waals surface area (Å²) in [5.74, 6) is -0.390. The lowest BCUT2D eigenvalue weighted by atomic mass is 9.96. The highest BCUT2D eigenvalue weighted by Crippen LogP contribution is 2.33. The molecule has 1 aliphatic carbocycles. The Balaban J connectivity index is 1.13. The number of aromatic nitrogens is 1. The fourth-order valence-corrected chi connectivity index (χ4v) is 6.69. The van der Waals surface area contributed by atoms with Crippen LogP contribution in [0.25, 0.3) is 17.0 Å². The summed E-state index contributed by atoms with van der Waals surface area (Å²) in [6.07, 6.45) is 5.90. The lowest BCUT2D eigenvalue weighted by Gasteiger charge is -2.15. The molecule has 2 N–H and O–H groups in total. The van der Waals surface area contributed by atoms with Crippen molar-refractivity contribution in [2.45, 2.75) is 30.6 Å². The highest BCUT2D eigenvalue weighted by atomic mass is 32.2. The van der Waals surface area contributed by atoms with Crippen LogP contribution in [0, 0.1) is 0 Å². The van der Waals surface area contributed by atoms with Crippen molar-refractivity contribution in [3.63, 3.8) is 0 Å². The summed E-state index contributed by atoms with van der Waals surface area (Å²) in [6.45, 7) is 0. The summed E-state index contributed by atoms with van der Waals surface area (Å²) < 4.78 is 1.93. The van der Waals surface area contributed by atoms with Crippen LogP contribution in [-0.4, -0.2) is 28.0 Å². The van der Waals surface area contributed by atoms with Crippen LogP contribution in [0.1, 0.15) is 44.1 Å². The van der Waals surface area contributed by atoms with Gasteiger partial charge in [0.2, 0.25) is 5.91 Å². The van der Waals surface area contributed by atoms with Gasteiger partial charge in [0.05, 0.1) is 11.3 Å². The van der Waals surface area contributed by atoms with Crippen LogP contribution in [0.15, 0.2) is 107 Å². The molecule has 2 aromatic heterocycles. The second-order valence-electron chi connectivity index (χ2n) is 10.0. The van der Waals surface area contributed by atoms with Gasteiger partial charge >= 0.3 is 0 Å². The Morgan fingerprint density at radius 2 is 1.62 bits per heavy atom. The average Bonchev–Trinajstić information content (AvgIpc) is 3.66. The molecule has 42 heavy (non-hydrogen) atoms. The van der Waals surface area contributed by atoms with Crippen molar-refractivity contribution >= 4 is 63.5 Å². The molecule has 6 nitrogen and oxygen atoms in total. The third kappa shape index (κ3) is 6.10. The highest BCUT2D eigenvalue weighted by molar-refractivity contribution is 8.00. The molecule has 0 spiro atoms. The van der Waals surface area contributed by atoms with Crippen molar-refractivity contribution in [1.82, 2.24) is 9.88 Å². The first-order chi connectivity index (χ1) is 20.6. The Bertz CT molecular complexity index is 1770. The Morgan fingerprint density at radius 3 is 2.40 bits per heavy atom. The number of aryl methyl sites for hydroxylation is 1. The van der Waals surface area contributed by atoms with E-state index in [1.54, 1.807) is 42.5 Å². The third-order valence-electron chi connectivity index (χ3n) is 7.26. The standard InChI is InChI=1S/C34H29N3O3S2/c38-32(37-30-14-6-4-12-27(30)28-13-5-7-15-31(28)37)22-42-25-18-16-24(17-19-25)35-34(40)29(21-26-11-8-20-41-26)36-33(39)23-9-2-1-3-10-23/h1-4,6,8-12,14,16-21H,5,7,13,15,22H2,(H,35,40)(H,36,39)/b29-21-. The maximum absolute atomic E-state index is 13.4. The van der Waals surface area contributed by atoms with E-state index in [9.17, 15) is 14.4 Å². The smallest absolute Gasteiger partial charge is 0.272 e. The van der Waals surface area contributed by atoms with Gasteiger partial charge in [-0.1, -0.05) is 42.5 Å². The van der Waals surface area contributed by atoms with Crippen LogP contribution in [0.3, 0.4) is 0 Å². The van der Waals surface area contributed by atoms with E-state index >= 15 is 0 Å². The molecule has 210 valence electrons. The fraction of sp³-hybridized carbons (Fsp3) is 0.147. The predicted octanol–water partition coefficient (Wildman–Crippen LogP) is 7.42. The number of hydrogen-bond acceptors (Lipinski definition) is 5. The van der Waals surface area contributed by atoms with E-state index in [1.165, 1.54) is 34.0 Å². The molecule has 0 bridgehead atoms. The summed E-state index contributed by atoms with van der Waals surface area (Å²) in [6, 6.07) is 28.1. The van der Waals surface area contributed by atoms with Crippen molar-refractivity contribution in [3.8, 4) is 0 Å². The zero-order valence-corrected chi connectivity index (χ0v) is 24.5. The SMILES string of the molecule is O=C(Nc1ccc(SCC(=O)n2c3c(c4ccccc42)CCCC3)cc1)/C(=C/c1cccs1)NC(=O)c1ccccc1. The Morgan fingerprint density at radius 1 is 0.857 bits per heavy atom. The van der Waals surface area contributed by atoms with Gasteiger partial charge in [-0.2, -0.15) is 0 Å². The van der Waals surface area contributed by atoms with E-state index < -0.39 is 5.91 Å². The van der Waals surface area contributed by atoms with E-state index in [4.69, 9.17) is 0 Å². The van der Waals surface area contributed by atoms with Gasteiger partial charge in [-0.3, -0.25) is 19.0 Å². The molecule has 1 aliphatic rings. The first-order valence-corrected chi connectivity index (χ1v) is 15.7. The number of thiophene rings is 1. The molecule has 0 unspecified atom stereocenters. The number of nitrogens with zero attached hydrogens (tertiary/aromatic N) is 1. The number of benzene rings is 3. The Kier molecular flexibility index (Phi) is 8.35. The molecule has 0 saturated carbocycles. The van der Waals surface area contributed by atoms with Gasteiger partial charge in [0.15, 0.2) is 0 Å². The molecule has 6 rings (SSSR count). The monoisotopic (exact) mass is 591 g/mol. The molecule has 2 amide bonds. The van der Waals surface area contributed by atoms with Crippen molar-refractivity contribution in [2.75, 3.05) is 11.1 Å². The highest BCUT2D eigenvalue weighted by Gasteiger charge is 2.23. The molecular formula is C34H29N3O3S2. The summed E-state index contributed by atoms with van der Waals surface area (Å²) in [7, 11) is 0. The summed E-state index contributed by atoms with van der Waals surface area (Å²) in [5, 5.41) is 8.74. The van der Waals surface area contributed by atoms with Crippen LogP contribution in [0.5, 0.6) is 0 Å². The minimum atomic E-state index is -0.424. The number of thioether (sulfide) groups is 1. The maximum Gasteiger partial charge on any atom is 0.272 e. The normalized spacial score (nSPS) is 13.0. The predicted molar refractivity (Wildman–Crippen MR) is 171 cm³/mol. The molecule has 0 radical (unpaired) electrons.